The van der Waals surface area contributed by atoms with Gasteiger partial charge in [0.1, 0.15) is 5.57 Å². The van der Waals surface area contributed by atoms with Crippen LogP contribution >= 0.6 is 0 Å². The number of likely N-dealkylation sites (N-methyl/N-ethyl adjacent to an activating group) is 1. The van der Waals surface area contributed by atoms with E-state index >= 15 is 0 Å². The van der Waals surface area contributed by atoms with Crippen LogP contribution in [-0.2, 0) is 20.9 Å². The van der Waals surface area contributed by atoms with Crippen LogP contribution < -0.4 is 11.1 Å². The van der Waals surface area contributed by atoms with Gasteiger partial charge < -0.3 is 16.0 Å². The molecule has 0 saturated heterocycles. The number of hydrogen-bond donors (Lipinski definition) is 2. The van der Waals surface area contributed by atoms with E-state index in [0.29, 0.717) is 5.52 Å². The molecule has 144 valence electrons. The zero-order valence-corrected chi connectivity index (χ0v) is 15.5. The lowest BCUT2D eigenvalue weighted by Crippen LogP contribution is -2.53. The summed E-state index contributed by atoms with van der Waals surface area (Å²) in [4.78, 5) is 48.0. The molecule has 1 atom stereocenters. The van der Waals surface area contributed by atoms with Gasteiger partial charge in [0.25, 0.3) is 11.8 Å². The molecule has 1 saturated carbocycles. The molecule has 1 fully saturated rings. The number of hydrogen-bond acceptors (Lipinski definition) is 5. The molecule has 2 heterocycles. The van der Waals surface area contributed by atoms with Gasteiger partial charge in [0, 0.05) is 32.5 Å². The van der Waals surface area contributed by atoms with E-state index in [1.807, 2.05) is 18.2 Å². The van der Waals surface area contributed by atoms with Gasteiger partial charge in [-0.25, -0.2) is 0 Å². The molecule has 2 aliphatic rings. The molecule has 8 heteroatoms. The van der Waals surface area contributed by atoms with E-state index in [-0.39, 0.29) is 24.6 Å². The van der Waals surface area contributed by atoms with Crippen molar-refractivity contribution in [3.63, 3.8) is 0 Å². The summed E-state index contributed by atoms with van der Waals surface area (Å²) >= 11 is 0. The summed E-state index contributed by atoms with van der Waals surface area (Å²) in [5.74, 6) is -1.39. The molecule has 1 aromatic carbocycles. The highest BCUT2D eigenvalue weighted by atomic mass is 16.2. The molecule has 3 amide bonds. The predicted octanol–water partition coefficient (Wildman–Crippen LogP) is 0.526. The minimum Gasteiger partial charge on any atom is -0.369 e. The fourth-order valence-electron chi connectivity index (χ4n) is 3.93. The Morgan fingerprint density at radius 1 is 1.29 bits per heavy atom. The Morgan fingerprint density at radius 2 is 2.04 bits per heavy atom. The molecule has 8 nitrogen and oxygen atoms in total. The van der Waals surface area contributed by atoms with E-state index < -0.39 is 23.1 Å². The van der Waals surface area contributed by atoms with Crippen molar-refractivity contribution in [2.75, 3.05) is 13.6 Å². The van der Waals surface area contributed by atoms with Crippen molar-refractivity contribution in [1.29, 1.82) is 0 Å². The lowest BCUT2D eigenvalue weighted by atomic mass is 9.76. The SMILES string of the molecule is CNC(=O)C1=CC(C(N)=O)(C2CC2)CN(Cc2cccc3nccnc23)C1=O. The Hall–Kier alpha value is -3.29. The second kappa shape index (κ2) is 6.70. The van der Waals surface area contributed by atoms with Crippen molar-refractivity contribution in [3.05, 3.63) is 47.8 Å². The molecule has 4 rings (SSSR count). The minimum atomic E-state index is -1.02. The monoisotopic (exact) mass is 379 g/mol. The highest BCUT2D eigenvalue weighted by Crippen LogP contribution is 2.49. The first-order chi connectivity index (χ1) is 13.5. The maximum absolute atomic E-state index is 13.0. The Bertz CT molecular complexity index is 1010. The first-order valence-corrected chi connectivity index (χ1v) is 9.19. The number of carbonyl (C=O) groups excluding carboxylic acids is 3. The van der Waals surface area contributed by atoms with E-state index in [2.05, 4.69) is 15.3 Å². The van der Waals surface area contributed by atoms with Gasteiger partial charge in [0.2, 0.25) is 5.91 Å². The molecular formula is C20H21N5O3. The summed E-state index contributed by atoms with van der Waals surface area (Å²) in [6.07, 6.45) is 6.39. The lowest BCUT2D eigenvalue weighted by molar-refractivity contribution is -0.137. The third-order valence-corrected chi connectivity index (χ3v) is 5.55. The van der Waals surface area contributed by atoms with Crippen LogP contribution in [0.25, 0.3) is 11.0 Å². The number of primary amides is 1. The second-order valence-electron chi connectivity index (χ2n) is 7.32. The van der Waals surface area contributed by atoms with Crippen LogP contribution in [0.3, 0.4) is 0 Å². The summed E-state index contributed by atoms with van der Waals surface area (Å²) in [5, 5.41) is 2.49. The fraction of sp³-hybridized carbons (Fsp3) is 0.350. The molecule has 3 N–H and O–H groups in total. The Kier molecular flexibility index (Phi) is 4.33. The third-order valence-electron chi connectivity index (χ3n) is 5.55. The zero-order valence-electron chi connectivity index (χ0n) is 15.5. The number of nitrogens with two attached hydrogens (primary N) is 1. The van der Waals surface area contributed by atoms with Crippen LogP contribution in [0.15, 0.2) is 42.2 Å². The van der Waals surface area contributed by atoms with E-state index in [0.717, 1.165) is 23.9 Å². The van der Waals surface area contributed by atoms with Crippen LogP contribution in [0.1, 0.15) is 18.4 Å². The normalized spacial score (nSPS) is 22.1. The van der Waals surface area contributed by atoms with Crippen molar-refractivity contribution in [1.82, 2.24) is 20.2 Å². The van der Waals surface area contributed by atoms with E-state index in [1.165, 1.54) is 18.0 Å². The highest BCUT2D eigenvalue weighted by Gasteiger charge is 2.53. The maximum atomic E-state index is 13.0. The van der Waals surface area contributed by atoms with Crippen LogP contribution in [0.2, 0.25) is 0 Å². The van der Waals surface area contributed by atoms with Crippen LogP contribution in [0, 0.1) is 11.3 Å². The number of nitrogens with zero attached hydrogens (tertiary/aromatic N) is 3. The molecule has 2 aromatic rings. The van der Waals surface area contributed by atoms with Gasteiger partial charge in [-0.05, 0) is 36.5 Å². The van der Waals surface area contributed by atoms with Crippen molar-refractivity contribution < 1.29 is 14.4 Å². The van der Waals surface area contributed by atoms with E-state index in [4.69, 9.17) is 5.73 Å². The summed E-state index contributed by atoms with van der Waals surface area (Å²) in [6.45, 7) is 0.369. The first-order valence-electron chi connectivity index (χ1n) is 9.19. The number of carbonyl (C=O) groups is 3. The number of aromatic nitrogens is 2. The van der Waals surface area contributed by atoms with E-state index in [9.17, 15) is 14.4 Å². The molecule has 1 aromatic heterocycles. The fourth-order valence-corrected chi connectivity index (χ4v) is 3.93. The summed E-state index contributed by atoms with van der Waals surface area (Å²) in [5.41, 5.74) is 6.90. The number of fused-ring (bicyclic) bond motifs is 1. The summed E-state index contributed by atoms with van der Waals surface area (Å²) in [6, 6.07) is 5.56. The first kappa shape index (κ1) is 18.1. The molecule has 1 aliphatic carbocycles. The van der Waals surface area contributed by atoms with E-state index in [1.54, 1.807) is 12.4 Å². The van der Waals surface area contributed by atoms with Gasteiger partial charge in [-0.3, -0.25) is 24.4 Å². The van der Waals surface area contributed by atoms with Crippen molar-refractivity contribution in [2.45, 2.75) is 19.4 Å². The molecular weight excluding hydrogens is 358 g/mol. The lowest BCUT2D eigenvalue weighted by Gasteiger charge is -2.39. The quantitative estimate of drug-likeness (QED) is 0.735. The highest BCUT2D eigenvalue weighted by molar-refractivity contribution is 6.19. The van der Waals surface area contributed by atoms with Crippen molar-refractivity contribution in [2.24, 2.45) is 17.1 Å². The third kappa shape index (κ3) is 2.90. The smallest absolute Gasteiger partial charge is 0.259 e. The van der Waals surface area contributed by atoms with Gasteiger partial charge in [-0.2, -0.15) is 0 Å². The van der Waals surface area contributed by atoms with Crippen molar-refractivity contribution >= 4 is 28.8 Å². The molecule has 0 bridgehead atoms. The van der Waals surface area contributed by atoms with Crippen LogP contribution in [0.4, 0.5) is 0 Å². The zero-order chi connectivity index (χ0) is 19.9. The van der Waals surface area contributed by atoms with Gasteiger partial charge in [0.15, 0.2) is 0 Å². The van der Waals surface area contributed by atoms with Crippen LogP contribution in [-0.4, -0.2) is 46.2 Å². The van der Waals surface area contributed by atoms with Crippen LogP contribution in [0.5, 0.6) is 0 Å². The molecule has 0 radical (unpaired) electrons. The Morgan fingerprint density at radius 3 is 2.71 bits per heavy atom. The maximum Gasteiger partial charge on any atom is 0.259 e. The largest absolute Gasteiger partial charge is 0.369 e. The minimum absolute atomic E-state index is 0.0363. The molecule has 0 spiro atoms. The summed E-state index contributed by atoms with van der Waals surface area (Å²) < 4.78 is 0. The number of amides is 3. The number of rotatable bonds is 5. The second-order valence-corrected chi connectivity index (χ2v) is 7.32. The predicted molar refractivity (Wildman–Crippen MR) is 101 cm³/mol. The standard InChI is InChI=1S/C20H21N5O3/c1-22-17(26)14-9-20(19(21)28,13-5-6-13)11-25(18(14)27)10-12-3-2-4-15-16(12)24-8-7-23-15/h2-4,7-9,13H,5-6,10-11H2,1H3,(H2,21,28)(H,22,26). The van der Waals surface area contributed by atoms with Gasteiger partial charge in [-0.1, -0.05) is 12.1 Å². The van der Waals surface area contributed by atoms with Gasteiger partial charge in [0.05, 0.1) is 16.4 Å². The average molecular weight is 379 g/mol. The Labute approximate surface area is 161 Å². The van der Waals surface area contributed by atoms with Crippen molar-refractivity contribution in [3.8, 4) is 0 Å². The summed E-state index contributed by atoms with van der Waals surface area (Å²) in [7, 11) is 1.46. The average Bonchev–Trinajstić information content (AvgIpc) is 3.55. The number of benzene rings is 1. The molecule has 1 unspecified atom stereocenters. The number of para-hydroxylation sites is 1. The van der Waals surface area contributed by atoms with Gasteiger partial charge >= 0.3 is 0 Å². The topological polar surface area (TPSA) is 118 Å². The molecule has 28 heavy (non-hydrogen) atoms. The number of nitrogens with one attached hydrogen (secondary N) is 1. The molecule has 1 aliphatic heterocycles. The Balaban J connectivity index is 1.76. The van der Waals surface area contributed by atoms with Gasteiger partial charge in [-0.15, -0.1) is 0 Å².